The third-order valence-electron chi connectivity index (χ3n) is 3.09. The van der Waals surface area contributed by atoms with Gasteiger partial charge in [-0.05, 0) is 38.1 Å². The molecular weight excluding hydrogens is 268 g/mol. The molecule has 0 radical (unpaired) electrons. The lowest BCUT2D eigenvalue weighted by molar-refractivity contribution is -0.121. The van der Waals surface area contributed by atoms with Crippen LogP contribution in [0.1, 0.15) is 32.1 Å². The molecule has 0 spiro atoms. The number of carbonyl (C=O) groups is 1. The molecule has 6 heteroatoms. The Morgan fingerprint density at radius 1 is 1.32 bits per heavy atom. The lowest BCUT2D eigenvalue weighted by Crippen LogP contribution is -2.26. The maximum absolute atomic E-state index is 11.3. The summed E-state index contributed by atoms with van der Waals surface area (Å²) in [7, 11) is 0. The van der Waals surface area contributed by atoms with Gasteiger partial charge in [-0.1, -0.05) is 0 Å². The van der Waals surface area contributed by atoms with Crippen molar-refractivity contribution in [2.75, 3.05) is 39.5 Å². The highest BCUT2D eigenvalue weighted by molar-refractivity contribution is 5.85. The second kappa shape index (κ2) is 12.7. The van der Waals surface area contributed by atoms with Crippen molar-refractivity contribution in [2.24, 2.45) is 11.7 Å². The van der Waals surface area contributed by atoms with Gasteiger partial charge in [0.15, 0.2) is 0 Å². The van der Waals surface area contributed by atoms with Crippen LogP contribution in [0.25, 0.3) is 0 Å². The Balaban J connectivity index is 0.00000324. The van der Waals surface area contributed by atoms with Gasteiger partial charge in [0.2, 0.25) is 5.91 Å². The Hall–Kier alpha value is -0.360. The van der Waals surface area contributed by atoms with E-state index in [0.29, 0.717) is 32.0 Å². The van der Waals surface area contributed by atoms with Gasteiger partial charge in [-0.2, -0.15) is 0 Å². The summed E-state index contributed by atoms with van der Waals surface area (Å²) in [6.45, 7) is 4.54. The molecule has 0 bridgehead atoms. The minimum atomic E-state index is 0. The van der Waals surface area contributed by atoms with E-state index >= 15 is 0 Å². The largest absolute Gasteiger partial charge is 0.381 e. The van der Waals surface area contributed by atoms with Crippen LogP contribution in [0, 0.1) is 5.92 Å². The highest BCUT2D eigenvalue weighted by Crippen LogP contribution is 2.14. The Morgan fingerprint density at radius 3 is 2.74 bits per heavy atom. The third kappa shape index (κ3) is 10.1. The molecule has 0 saturated carbocycles. The number of amides is 1. The normalized spacial score (nSPS) is 15.8. The van der Waals surface area contributed by atoms with Crippen molar-refractivity contribution in [3.63, 3.8) is 0 Å². The fraction of sp³-hybridized carbons (Fsp3) is 0.923. The fourth-order valence-electron chi connectivity index (χ4n) is 1.92. The fourth-order valence-corrected chi connectivity index (χ4v) is 1.92. The van der Waals surface area contributed by atoms with Crippen LogP contribution in [0.3, 0.4) is 0 Å². The maximum Gasteiger partial charge on any atom is 0.220 e. The molecule has 0 atom stereocenters. The number of rotatable bonds is 9. The van der Waals surface area contributed by atoms with E-state index in [-0.39, 0.29) is 18.3 Å². The summed E-state index contributed by atoms with van der Waals surface area (Å²) in [6, 6.07) is 0. The van der Waals surface area contributed by atoms with Crippen molar-refractivity contribution in [1.82, 2.24) is 5.32 Å². The molecule has 5 nitrogen and oxygen atoms in total. The summed E-state index contributed by atoms with van der Waals surface area (Å²) in [6.07, 6.45) is 4.37. The summed E-state index contributed by atoms with van der Waals surface area (Å²) in [5.74, 6) is 0.739. The van der Waals surface area contributed by atoms with E-state index in [9.17, 15) is 4.79 Å². The molecule has 1 saturated heterocycles. The van der Waals surface area contributed by atoms with E-state index in [4.69, 9.17) is 15.2 Å². The second-order valence-corrected chi connectivity index (χ2v) is 4.73. The highest BCUT2D eigenvalue weighted by Gasteiger charge is 2.13. The van der Waals surface area contributed by atoms with Crippen molar-refractivity contribution in [3.05, 3.63) is 0 Å². The minimum absolute atomic E-state index is 0. The quantitative estimate of drug-likeness (QED) is 0.625. The Morgan fingerprint density at radius 2 is 2.05 bits per heavy atom. The lowest BCUT2D eigenvalue weighted by atomic mass is 10.0. The SMILES string of the molecule is Cl.NCCCC(=O)NCCCOCC1CCOCC1. The zero-order valence-corrected chi connectivity index (χ0v) is 12.4. The average Bonchev–Trinajstić information content (AvgIpc) is 2.41. The molecule has 19 heavy (non-hydrogen) atoms. The molecule has 3 N–H and O–H groups in total. The van der Waals surface area contributed by atoms with E-state index in [1.807, 2.05) is 0 Å². The third-order valence-corrected chi connectivity index (χ3v) is 3.09. The van der Waals surface area contributed by atoms with Crippen LogP contribution in [0.5, 0.6) is 0 Å². The first kappa shape index (κ1) is 18.6. The Kier molecular flexibility index (Phi) is 12.4. The monoisotopic (exact) mass is 294 g/mol. The first-order chi connectivity index (χ1) is 8.83. The molecule has 1 heterocycles. The van der Waals surface area contributed by atoms with Crippen LogP contribution in [0.15, 0.2) is 0 Å². The number of hydrogen-bond acceptors (Lipinski definition) is 4. The predicted molar refractivity (Wildman–Crippen MR) is 77.5 cm³/mol. The standard InChI is InChI=1S/C13H26N2O3.ClH/c14-6-1-3-13(16)15-7-2-8-18-11-12-4-9-17-10-5-12;/h12H,1-11,14H2,(H,15,16);1H. The van der Waals surface area contributed by atoms with Crippen LogP contribution in [-0.4, -0.2) is 45.4 Å². The van der Waals surface area contributed by atoms with Crippen molar-refractivity contribution in [2.45, 2.75) is 32.1 Å². The molecule has 1 aliphatic heterocycles. The number of carbonyl (C=O) groups excluding carboxylic acids is 1. The molecule has 114 valence electrons. The number of ether oxygens (including phenoxy) is 2. The van der Waals surface area contributed by atoms with E-state index in [1.54, 1.807) is 0 Å². The summed E-state index contributed by atoms with van der Waals surface area (Å²) in [5.41, 5.74) is 5.33. The molecule has 0 aliphatic carbocycles. The smallest absolute Gasteiger partial charge is 0.220 e. The maximum atomic E-state index is 11.3. The van der Waals surface area contributed by atoms with Crippen LogP contribution in [-0.2, 0) is 14.3 Å². The van der Waals surface area contributed by atoms with Crippen LogP contribution < -0.4 is 11.1 Å². The molecule has 1 amide bonds. The number of hydrogen-bond donors (Lipinski definition) is 2. The molecule has 0 aromatic carbocycles. The van der Waals surface area contributed by atoms with Gasteiger partial charge in [-0.25, -0.2) is 0 Å². The summed E-state index contributed by atoms with van der Waals surface area (Å²) in [5, 5.41) is 2.86. The average molecular weight is 295 g/mol. The molecule has 0 aromatic rings. The first-order valence-corrected chi connectivity index (χ1v) is 6.95. The van der Waals surface area contributed by atoms with Crippen molar-refractivity contribution < 1.29 is 14.3 Å². The van der Waals surface area contributed by atoms with Gasteiger partial charge < -0.3 is 20.5 Å². The van der Waals surface area contributed by atoms with E-state index < -0.39 is 0 Å². The van der Waals surface area contributed by atoms with Gasteiger partial charge in [0.05, 0.1) is 0 Å². The summed E-state index contributed by atoms with van der Waals surface area (Å²) in [4.78, 5) is 11.3. The molecule has 0 unspecified atom stereocenters. The van der Waals surface area contributed by atoms with Gasteiger partial charge in [0.25, 0.3) is 0 Å². The first-order valence-electron chi connectivity index (χ1n) is 6.95. The topological polar surface area (TPSA) is 73.6 Å². The Bertz CT molecular complexity index is 224. The highest BCUT2D eigenvalue weighted by atomic mass is 35.5. The van der Waals surface area contributed by atoms with Crippen LogP contribution in [0.2, 0.25) is 0 Å². The zero-order chi connectivity index (χ0) is 13.1. The van der Waals surface area contributed by atoms with Crippen LogP contribution in [0.4, 0.5) is 0 Å². The van der Waals surface area contributed by atoms with Crippen molar-refractivity contribution in [1.29, 1.82) is 0 Å². The second-order valence-electron chi connectivity index (χ2n) is 4.73. The van der Waals surface area contributed by atoms with Gasteiger partial charge in [-0.15, -0.1) is 12.4 Å². The van der Waals surface area contributed by atoms with Gasteiger partial charge in [0, 0.05) is 39.4 Å². The minimum Gasteiger partial charge on any atom is -0.381 e. The van der Waals surface area contributed by atoms with Gasteiger partial charge in [0.1, 0.15) is 0 Å². The molecular formula is C13H27ClN2O3. The number of nitrogens with one attached hydrogen (secondary N) is 1. The van der Waals surface area contributed by atoms with Gasteiger partial charge in [-0.3, -0.25) is 4.79 Å². The number of nitrogens with two attached hydrogens (primary N) is 1. The van der Waals surface area contributed by atoms with E-state index in [0.717, 1.165) is 45.5 Å². The Labute approximate surface area is 122 Å². The van der Waals surface area contributed by atoms with Crippen molar-refractivity contribution in [3.8, 4) is 0 Å². The zero-order valence-electron chi connectivity index (χ0n) is 11.6. The molecule has 1 rings (SSSR count). The van der Waals surface area contributed by atoms with Gasteiger partial charge >= 0.3 is 0 Å². The molecule has 0 aromatic heterocycles. The molecule has 1 fully saturated rings. The molecule has 1 aliphatic rings. The van der Waals surface area contributed by atoms with Crippen LogP contribution >= 0.6 is 12.4 Å². The summed E-state index contributed by atoms with van der Waals surface area (Å²) < 4.78 is 10.9. The lowest BCUT2D eigenvalue weighted by Gasteiger charge is -2.21. The number of halogens is 1. The predicted octanol–water partition coefficient (Wildman–Crippen LogP) is 1.10. The summed E-state index contributed by atoms with van der Waals surface area (Å²) >= 11 is 0. The van der Waals surface area contributed by atoms with E-state index in [2.05, 4.69) is 5.32 Å². The van der Waals surface area contributed by atoms with Crippen molar-refractivity contribution >= 4 is 18.3 Å². The van der Waals surface area contributed by atoms with E-state index in [1.165, 1.54) is 0 Å².